The van der Waals surface area contributed by atoms with Gasteiger partial charge in [0.25, 0.3) is 0 Å². The number of benzene rings is 2. The van der Waals surface area contributed by atoms with E-state index in [1.54, 1.807) is 0 Å². The number of imidazole rings is 1. The summed E-state index contributed by atoms with van der Waals surface area (Å²) in [4.78, 5) is 4.67. The summed E-state index contributed by atoms with van der Waals surface area (Å²) in [6, 6.07) is 16.3. The summed E-state index contributed by atoms with van der Waals surface area (Å²) in [5.41, 5.74) is 3.16. The van der Waals surface area contributed by atoms with E-state index in [2.05, 4.69) is 32.8 Å². The summed E-state index contributed by atoms with van der Waals surface area (Å²) < 4.78 is 3.95. The summed E-state index contributed by atoms with van der Waals surface area (Å²) in [7, 11) is 2.02. The van der Waals surface area contributed by atoms with Crippen LogP contribution >= 0.6 is 0 Å². The number of para-hydroxylation sites is 3. The van der Waals surface area contributed by atoms with Gasteiger partial charge in [0.15, 0.2) is 0 Å². The van der Waals surface area contributed by atoms with Crippen molar-refractivity contribution in [2.45, 2.75) is 0 Å². The summed E-state index contributed by atoms with van der Waals surface area (Å²) >= 11 is 0. The molecule has 4 rings (SSSR count). The average Bonchev–Trinajstić information content (AvgIpc) is 3.01. The Morgan fingerprint density at radius 1 is 0.895 bits per heavy atom. The Balaban J connectivity index is 2.07. The van der Waals surface area contributed by atoms with Gasteiger partial charge in [-0.2, -0.15) is 9.78 Å². The molecule has 4 nitrogen and oxygen atoms in total. The van der Waals surface area contributed by atoms with Crippen LogP contribution in [0.4, 0.5) is 0 Å². The lowest BCUT2D eigenvalue weighted by atomic mass is 10.3. The highest BCUT2D eigenvalue weighted by Gasteiger charge is 2.11. The quantitative estimate of drug-likeness (QED) is 0.519. The van der Waals surface area contributed by atoms with Crippen molar-refractivity contribution in [3.63, 3.8) is 0 Å². The van der Waals surface area contributed by atoms with Crippen molar-refractivity contribution in [3.8, 4) is 5.95 Å². The minimum atomic E-state index is 0.836. The largest absolute Gasteiger partial charge is 0.311 e. The Hall–Kier alpha value is -2.62. The van der Waals surface area contributed by atoms with Gasteiger partial charge in [0.05, 0.1) is 22.7 Å². The van der Waals surface area contributed by atoms with Gasteiger partial charge in [-0.15, -0.1) is 0 Å². The number of aryl methyl sites for hydroxylation is 1. The zero-order chi connectivity index (χ0) is 12.8. The highest BCUT2D eigenvalue weighted by molar-refractivity contribution is 5.81. The fraction of sp³-hybridized carbons (Fsp3) is 0.0667. The van der Waals surface area contributed by atoms with Crippen molar-refractivity contribution in [1.82, 2.24) is 19.3 Å². The zero-order valence-corrected chi connectivity index (χ0v) is 10.5. The van der Waals surface area contributed by atoms with Gasteiger partial charge < -0.3 is 4.57 Å². The van der Waals surface area contributed by atoms with Crippen molar-refractivity contribution < 1.29 is 0 Å². The van der Waals surface area contributed by atoms with E-state index in [4.69, 9.17) is 0 Å². The van der Waals surface area contributed by atoms with Crippen LogP contribution in [0.15, 0.2) is 54.7 Å². The topological polar surface area (TPSA) is 35.6 Å². The molecule has 92 valence electrons. The normalized spacial score (nSPS) is 11.4. The first kappa shape index (κ1) is 10.3. The minimum Gasteiger partial charge on any atom is -0.311 e. The molecule has 0 radical (unpaired) electrons. The van der Waals surface area contributed by atoms with Crippen LogP contribution in [0.5, 0.6) is 0 Å². The number of rotatable bonds is 1. The third-order valence-electron chi connectivity index (χ3n) is 3.43. The smallest absolute Gasteiger partial charge is 0.232 e. The summed E-state index contributed by atoms with van der Waals surface area (Å²) in [6.45, 7) is 0. The Labute approximate surface area is 109 Å². The van der Waals surface area contributed by atoms with Crippen molar-refractivity contribution in [3.05, 3.63) is 54.7 Å². The molecule has 0 aliphatic rings. The molecule has 0 bridgehead atoms. The van der Waals surface area contributed by atoms with Crippen molar-refractivity contribution in [1.29, 1.82) is 0 Å². The third-order valence-corrected chi connectivity index (χ3v) is 3.43. The summed E-state index contributed by atoms with van der Waals surface area (Å²) in [5.74, 6) is 0.836. The molecule has 4 heteroatoms. The standard InChI is InChI=1S/C15H12N4/c1-18-14-9-5-3-7-12(14)17-15(18)19-13-8-4-2-6-11(13)10-16-19/h2-10H,1H3. The summed E-state index contributed by atoms with van der Waals surface area (Å²) in [5, 5.41) is 5.57. The van der Waals surface area contributed by atoms with Gasteiger partial charge in [-0.1, -0.05) is 30.3 Å². The molecule has 0 spiro atoms. The molecule has 0 N–H and O–H groups in total. The van der Waals surface area contributed by atoms with Gasteiger partial charge in [0.1, 0.15) is 0 Å². The van der Waals surface area contributed by atoms with Gasteiger partial charge in [-0.3, -0.25) is 0 Å². The first-order chi connectivity index (χ1) is 9.34. The van der Waals surface area contributed by atoms with Crippen LogP contribution in [-0.4, -0.2) is 19.3 Å². The first-order valence-electron chi connectivity index (χ1n) is 6.19. The number of hydrogen-bond acceptors (Lipinski definition) is 2. The molecular formula is C15H12N4. The lowest BCUT2D eigenvalue weighted by Crippen LogP contribution is -2.04. The fourth-order valence-corrected chi connectivity index (χ4v) is 2.45. The van der Waals surface area contributed by atoms with Gasteiger partial charge in [-0.05, 0) is 18.2 Å². The average molecular weight is 248 g/mol. The van der Waals surface area contributed by atoms with E-state index < -0.39 is 0 Å². The van der Waals surface area contributed by atoms with E-state index in [9.17, 15) is 0 Å². The molecule has 2 aromatic heterocycles. The maximum absolute atomic E-state index is 4.67. The molecule has 2 aromatic carbocycles. The van der Waals surface area contributed by atoms with Gasteiger partial charge in [-0.25, -0.2) is 4.98 Å². The second kappa shape index (κ2) is 3.68. The zero-order valence-electron chi connectivity index (χ0n) is 10.5. The molecule has 0 unspecified atom stereocenters. The third kappa shape index (κ3) is 1.40. The number of nitrogens with zero attached hydrogens (tertiary/aromatic N) is 4. The molecule has 0 atom stereocenters. The lowest BCUT2D eigenvalue weighted by Gasteiger charge is -2.03. The lowest BCUT2D eigenvalue weighted by molar-refractivity contribution is 0.780. The number of fused-ring (bicyclic) bond motifs is 2. The highest BCUT2D eigenvalue weighted by Crippen LogP contribution is 2.21. The maximum atomic E-state index is 4.67. The van der Waals surface area contributed by atoms with E-state index in [0.717, 1.165) is 27.9 Å². The van der Waals surface area contributed by atoms with Crippen molar-refractivity contribution in [2.75, 3.05) is 0 Å². The Bertz CT molecular complexity index is 885. The number of aromatic nitrogens is 4. The Morgan fingerprint density at radius 3 is 2.47 bits per heavy atom. The molecule has 0 saturated heterocycles. The van der Waals surface area contributed by atoms with Crippen molar-refractivity contribution in [2.24, 2.45) is 7.05 Å². The van der Waals surface area contributed by atoms with Crippen LogP contribution in [0.1, 0.15) is 0 Å². The second-order valence-corrected chi connectivity index (χ2v) is 4.57. The SMILES string of the molecule is Cn1c(-n2ncc3ccccc32)nc2ccccc21. The molecule has 19 heavy (non-hydrogen) atoms. The number of hydrogen-bond donors (Lipinski definition) is 0. The molecule has 4 aromatic rings. The Morgan fingerprint density at radius 2 is 1.63 bits per heavy atom. The predicted molar refractivity (Wildman–Crippen MR) is 75.3 cm³/mol. The molecule has 0 fully saturated rings. The molecule has 0 saturated carbocycles. The molecule has 2 heterocycles. The van der Waals surface area contributed by atoms with Crippen molar-refractivity contribution >= 4 is 21.9 Å². The van der Waals surface area contributed by atoms with Gasteiger partial charge in [0, 0.05) is 12.4 Å². The van der Waals surface area contributed by atoms with Crippen LogP contribution in [0.25, 0.3) is 27.9 Å². The molecule has 0 amide bonds. The van der Waals surface area contributed by atoms with E-state index in [0.29, 0.717) is 0 Å². The van der Waals surface area contributed by atoms with Gasteiger partial charge >= 0.3 is 0 Å². The summed E-state index contributed by atoms with van der Waals surface area (Å²) in [6.07, 6.45) is 1.87. The molecule has 0 aliphatic heterocycles. The fourth-order valence-electron chi connectivity index (χ4n) is 2.45. The van der Waals surface area contributed by atoms with E-state index in [-0.39, 0.29) is 0 Å². The van der Waals surface area contributed by atoms with Crippen LogP contribution in [0.2, 0.25) is 0 Å². The monoisotopic (exact) mass is 248 g/mol. The van der Waals surface area contributed by atoms with Crippen LogP contribution < -0.4 is 0 Å². The molecule has 0 aliphatic carbocycles. The minimum absolute atomic E-state index is 0.836. The van der Waals surface area contributed by atoms with E-state index >= 15 is 0 Å². The van der Waals surface area contributed by atoms with Crippen LogP contribution in [0, 0.1) is 0 Å². The second-order valence-electron chi connectivity index (χ2n) is 4.57. The first-order valence-corrected chi connectivity index (χ1v) is 6.19. The highest BCUT2D eigenvalue weighted by atomic mass is 15.4. The Kier molecular flexibility index (Phi) is 2.00. The van der Waals surface area contributed by atoms with Gasteiger partial charge in [0.2, 0.25) is 5.95 Å². The van der Waals surface area contributed by atoms with E-state index in [1.165, 1.54) is 0 Å². The van der Waals surface area contributed by atoms with Crippen LogP contribution in [0.3, 0.4) is 0 Å². The van der Waals surface area contributed by atoms with Crippen LogP contribution in [-0.2, 0) is 7.05 Å². The predicted octanol–water partition coefficient (Wildman–Crippen LogP) is 2.91. The van der Waals surface area contributed by atoms with E-state index in [1.807, 2.05) is 48.3 Å². The molecular weight excluding hydrogens is 236 g/mol. The maximum Gasteiger partial charge on any atom is 0.232 e.